The van der Waals surface area contributed by atoms with Crippen molar-refractivity contribution < 1.29 is 23.9 Å². The van der Waals surface area contributed by atoms with Crippen molar-refractivity contribution in [3.8, 4) is 0 Å². The summed E-state index contributed by atoms with van der Waals surface area (Å²) < 4.78 is 5.04. The maximum atomic E-state index is 12.1. The molecular formula is C16H24N2O5. The molecule has 0 aromatic carbocycles. The summed E-state index contributed by atoms with van der Waals surface area (Å²) in [7, 11) is 0. The van der Waals surface area contributed by atoms with Gasteiger partial charge in [0.25, 0.3) is 5.91 Å². The summed E-state index contributed by atoms with van der Waals surface area (Å²) in [6.45, 7) is 1.75. The summed E-state index contributed by atoms with van der Waals surface area (Å²) in [6, 6.07) is 0. The Bertz CT molecular complexity index is 475. The molecule has 2 saturated carbocycles. The van der Waals surface area contributed by atoms with Gasteiger partial charge >= 0.3 is 5.97 Å². The molecule has 2 bridgehead atoms. The van der Waals surface area contributed by atoms with E-state index < -0.39 is 18.5 Å². The maximum absolute atomic E-state index is 12.1. The quantitative estimate of drug-likeness (QED) is 0.679. The van der Waals surface area contributed by atoms with Gasteiger partial charge in [-0.15, -0.1) is 0 Å². The number of ether oxygens (including phenoxy) is 1. The standard InChI is InChI=1S/C16H24N2O5/c1-2-17-13(19)8-18-14(20)9-23-16(22)12-6-10-4-3-5-11(7-12)15(10)21/h10-12H,2-9H2,1H3,(H,17,19)(H,18,20)/t10-,11+,12?. The van der Waals surface area contributed by atoms with Gasteiger partial charge in [0.05, 0.1) is 12.5 Å². The summed E-state index contributed by atoms with van der Waals surface area (Å²) in [5, 5.41) is 4.94. The first-order valence-electron chi connectivity index (χ1n) is 8.25. The molecular weight excluding hydrogens is 300 g/mol. The molecule has 2 aliphatic rings. The molecule has 0 aromatic rings. The van der Waals surface area contributed by atoms with E-state index in [0.717, 1.165) is 19.3 Å². The Balaban J connectivity index is 1.71. The second-order valence-corrected chi connectivity index (χ2v) is 6.23. The summed E-state index contributed by atoms with van der Waals surface area (Å²) in [6.07, 6.45) is 3.83. The molecule has 7 nitrogen and oxygen atoms in total. The average Bonchev–Trinajstić information content (AvgIpc) is 2.50. The predicted octanol–water partition coefficient (Wildman–Crippen LogP) is 0.177. The van der Waals surface area contributed by atoms with E-state index in [9.17, 15) is 19.2 Å². The van der Waals surface area contributed by atoms with Crippen molar-refractivity contribution in [2.75, 3.05) is 19.7 Å². The van der Waals surface area contributed by atoms with Crippen molar-refractivity contribution in [3.05, 3.63) is 0 Å². The zero-order chi connectivity index (χ0) is 16.8. The zero-order valence-corrected chi connectivity index (χ0v) is 13.4. The third-order valence-electron chi connectivity index (χ3n) is 4.55. The van der Waals surface area contributed by atoms with Crippen molar-refractivity contribution in [2.24, 2.45) is 17.8 Å². The lowest BCUT2D eigenvalue weighted by atomic mass is 9.67. The van der Waals surface area contributed by atoms with Crippen molar-refractivity contribution in [2.45, 2.75) is 39.0 Å². The van der Waals surface area contributed by atoms with Crippen molar-refractivity contribution in [3.63, 3.8) is 0 Å². The fraction of sp³-hybridized carbons (Fsp3) is 0.750. The fourth-order valence-electron chi connectivity index (χ4n) is 3.42. The molecule has 1 unspecified atom stereocenters. The van der Waals surface area contributed by atoms with E-state index in [-0.39, 0.29) is 30.2 Å². The highest BCUT2D eigenvalue weighted by atomic mass is 16.5. The largest absolute Gasteiger partial charge is 0.455 e. The Morgan fingerprint density at radius 3 is 2.35 bits per heavy atom. The van der Waals surface area contributed by atoms with Crippen molar-refractivity contribution in [1.82, 2.24) is 10.6 Å². The molecule has 0 spiro atoms. The fourth-order valence-corrected chi connectivity index (χ4v) is 3.42. The second-order valence-electron chi connectivity index (χ2n) is 6.23. The molecule has 0 heterocycles. The Morgan fingerprint density at radius 2 is 1.74 bits per heavy atom. The number of Topliss-reactive ketones (excluding diaryl/α,β-unsaturated/α-hetero) is 1. The van der Waals surface area contributed by atoms with Crippen LogP contribution in [-0.4, -0.2) is 43.3 Å². The lowest BCUT2D eigenvalue weighted by Crippen LogP contribution is -2.41. The highest BCUT2D eigenvalue weighted by Crippen LogP contribution is 2.40. The van der Waals surface area contributed by atoms with Gasteiger partial charge in [-0.1, -0.05) is 6.42 Å². The van der Waals surface area contributed by atoms with Gasteiger partial charge in [0, 0.05) is 18.4 Å². The minimum absolute atomic E-state index is 0.0217. The van der Waals surface area contributed by atoms with Crippen LogP contribution < -0.4 is 10.6 Å². The number of carbonyl (C=O) groups excluding carboxylic acids is 4. The lowest BCUT2D eigenvalue weighted by Gasteiger charge is -2.36. The van der Waals surface area contributed by atoms with Crippen LogP contribution in [0.15, 0.2) is 0 Å². The van der Waals surface area contributed by atoms with Crippen LogP contribution in [0.25, 0.3) is 0 Å². The van der Waals surface area contributed by atoms with Crippen LogP contribution in [0.2, 0.25) is 0 Å². The normalized spacial score (nSPS) is 26.3. The third-order valence-corrected chi connectivity index (χ3v) is 4.55. The van der Waals surface area contributed by atoms with Gasteiger partial charge in [0.2, 0.25) is 5.91 Å². The van der Waals surface area contributed by atoms with E-state index in [1.165, 1.54) is 0 Å². The van der Waals surface area contributed by atoms with E-state index in [2.05, 4.69) is 10.6 Å². The van der Waals surface area contributed by atoms with Gasteiger partial charge in [-0.2, -0.15) is 0 Å². The SMILES string of the molecule is CCNC(=O)CNC(=O)COC(=O)C1C[C@H]2CCC[C@@H](C1)C2=O. The molecule has 2 fully saturated rings. The first-order chi connectivity index (χ1) is 11.0. The van der Waals surface area contributed by atoms with Crippen LogP contribution in [-0.2, 0) is 23.9 Å². The van der Waals surface area contributed by atoms with Gasteiger partial charge in [-0.3, -0.25) is 19.2 Å². The van der Waals surface area contributed by atoms with Crippen molar-refractivity contribution >= 4 is 23.6 Å². The average molecular weight is 324 g/mol. The Kier molecular flexibility index (Phi) is 6.12. The predicted molar refractivity (Wildman–Crippen MR) is 81.2 cm³/mol. The van der Waals surface area contributed by atoms with E-state index >= 15 is 0 Å². The monoisotopic (exact) mass is 324 g/mol. The molecule has 0 radical (unpaired) electrons. The number of carbonyl (C=O) groups is 4. The van der Waals surface area contributed by atoms with Crippen LogP contribution in [0.5, 0.6) is 0 Å². The summed E-state index contributed by atoms with van der Waals surface area (Å²) in [4.78, 5) is 46.9. The Labute approximate surface area is 135 Å². The number of hydrogen-bond acceptors (Lipinski definition) is 5. The molecule has 2 N–H and O–H groups in total. The number of likely N-dealkylation sites (N-methyl/N-ethyl adjacent to an activating group) is 1. The molecule has 0 aromatic heterocycles. The number of hydrogen-bond donors (Lipinski definition) is 2. The van der Waals surface area contributed by atoms with E-state index in [4.69, 9.17) is 4.74 Å². The lowest BCUT2D eigenvalue weighted by molar-refractivity contribution is -0.156. The number of nitrogens with one attached hydrogen (secondary N) is 2. The highest BCUT2D eigenvalue weighted by molar-refractivity contribution is 5.88. The smallest absolute Gasteiger partial charge is 0.309 e. The number of rotatable bonds is 6. The molecule has 2 rings (SSSR count). The second kappa shape index (κ2) is 8.08. The molecule has 0 aliphatic heterocycles. The minimum Gasteiger partial charge on any atom is -0.455 e. The summed E-state index contributed by atoms with van der Waals surface area (Å²) >= 11 is 0. The summed E-state index contributed by atoms with van der Waals surface area (Å²) in [5.41, 5.74) is 0. The van der Waals surface area contributed by atoms with Gasteiger partial charge in [-0.25, -0.2) is 0 Å². The van der Waals surface area contributed by atoms with Gasteiger partial charge in [0.15, 0.2) is 6.61 Å². The van der Waals surface area contributed by atoms with E-state index in [1.54, 1.807) is 6.92 Å². The van der Waals surface area contributed by atoms with Crippen LogP contribution in [0.3, 0.4) is 0 Å². The van der Waals surface area contributed by atoms with Gasteiger partial charge in [-0.05, 0) is 32.6 Å². The summed E-state index contributed by atoms with van der Waals surface area (Å²) in [5.74, 6) is -1.25. The maximum Gasteiger partial charge on any atom is 0.309 e. The minimum atomic E-state index is -0.503. The molecule has 7 heteroatoms. The Hall–Kier alpha value is -1.92. The molecule has 128 valence electrons. The number of esters is 1. The van der Waals surface area contributed by atoms with Crippen LogP contribution in [0, 0.1) is 17.8 Å². The van der Waals surface area contributed by atoms with Crippen LogP contribution in [0.4, 0.5) is 0 Å². The molecule has 23 heavy (non-hydrogen) atoms. The number of fused-ring (bicyclic) bond motifs is 2. The molecule has 3 atom stereocenters. The third kappa shape index (κ3) is 4.77. The molecule has 2 aliphatic carbocycles. The van der Waals surface area contributed by atoms with E-state index in [0.29, 0.717) is 25.2 Å². The van der Waals surface area contributed by atoms with Crippen LogP contribution in [0.1, 0.15) is 39.0 Å². The highest BCUT2D eigenvalue weighted by Gasteiger charge is 2.41. The van der Waals surface area contributed by atoms with Gasteiger partial charge in [0.1, 0.15) is 5.78 Å². The topological polar surface area (TPSA) is 102 Å². The van der Waals surface area contributed by atoms with Crippen molar-refractivity contribution in [1.29, 1.82) is 0 Å². The first-order valence-corrected chi connectivity index (χ1v) is 8.25. The zero-order valence-electron chi connectivity index (χ0n) is 13.4. The Morgan fingerprint density at radius 1 is 1.09 bits per heavy atom. The first kappa shape index (κ1) is 17.4. The molecule has 0 saturated heterocycles. The van der Waals surface area contributed by atoms with Crippen LogP contribution >= 0.6 is 0 Å². The number of ketones is 1. The molecule has 2 amide bonds. The van der Waals surface area contributed by atoms with Gasteiger partial charge < -0.3 is 15.4 Å². The van der Waals surface area contributed by atoms with E-state index in [1.807, 2.05) is 0 Å². The number of amides is 2.